The number of esters is 1. The van der Waals surface area contributed by atoms with Crippen LogP contribution in [0.5, 0.6) is 0 Å². The second-order valence-corrected chi connectivity index (χ2v) is 4.99. The van der Waals surface area contributed by atoms with Crippen molar-refractivity contribution in [1.82, 2.24) is 16.2 Å². The first-order chi connectivity index (χ1) is 10.2. The van der Waals surface area contributed by atoms with Crippen molar-refractivity contribution in [2.45, 2.75) is 18.9 Å². The third kappa shape index (κ3) is 4.27. The van der Waals surface area contributed by atoms with Crippen molar-refractivity contribution in [3.63, 3.8) is 0 Å². The molecule has 3 N–H and O–H groups in total. The minimum Gasteiger partial charge on any atom is -0.469 e. The van der Waals surface area contributed by atoms with Gasteiger partial charge in [0.25, 0.3) is 0 Å². The van der Waals surface area contributed by atoms with Gasteiger partial charge in [0.15, 0.2) is 0 Å². The Morgan fingerprint density at radius 1 is 1.33 bits per heavy atom. The molecule has 1 aromatic carbocycles. The van der Waals surface area contributed by atoms with Crippen LogP contribution in [0.15, 0.2) is 30.3 Å². The molecule has 0 bridgehead atoms. The second-order valence-electron chi connectivity index (χ2n) is 4.99. The first-order valence-corrected chi connectivity index (χ1v) is 7.10. The molecule has 6 heteroatoms. The summed E-state index contributed by atoms with van der Waals surface area (Å²) in [6.07, 6.45) is 0.905. The van der Waals surface area contributed by atoms with Crippen LogP contribution in [0.3, 0.4) is 0 Å². The topological polar surface area (TPSA) is 79.5 Å². The molecule has 1 aromatic rings. The van der Waals surface area contributed by atoms with Crippen molar-refractivity contribution >= 4 is 11.9 Å². The zero-order valence-electron chi connectivity index (χ0n) is 12.1. The van der Waals surface area contributed by atoms with Gasteiger partial charge in [0.1, 0.15) is 0 Å². The molecule has 0 spiro atoms. The Labute approximate surface area is 124 Å². The molecular weight excluding hydrogens is 270 g/mol. The van der Waals surface area contributed by atoms with E-state index >= 15 is 0 Å². The third-order valence-corrected chi connectivity index (χ3v) is 3.56. The minimum absolute atomic E-state index is 0.00813. The molecular formula is C15H21N3O3. The first kappa shape index (κ1) is 15.5. The van der Waals surface area contributed by atoms with Crippen molar-refractivity contribution in [2.24, 2.45) is 5.92 Å². The Hall–Kier alpha value is -1.92. The molecule has 2 unspecified atom stereocenters. The van der Waals surface area contributed by atoms with E-state index in [1.54, 1.807) is 0 Å². The highest BCUT2D eigenvalue weighted by Crippen LogP contribution is 2.24. The summed E-state index contributed by atoms with van der Waals surface area (Å²) < 4.78 is 4.56. The van der Waals surface area contributed by atoms with Crippen LogP contribution >= 0.6 is 0 Å². The molecule has 0 aliphatic carbocycles. The van der Waals surface area contributed by atoms with Gasteiger partial charge in [-0.3, -0.25) is 15.0 Å². The smallest absolute Gasteiger partial charge is 0.305 e. The van der Waals surface area contributed by atoms with Crippen LogP contribution in [-0.2, 0) is 14.3 Å². The van der Waals surface area contributed by atoms with Crippen LogP contribution in [0.25, 0.3) is 0 Å². The van der Waals surface area contributed by atoms with Crippen LogP contribution in [0.4, 0.5) is 0 Å². The lowest BCUT2D eigenvalue weighted by Gasteiger charge is -2.18. The van der Waals surface area contributed by atoms with Crippen LogP contribution in [0.2, 0.25) is 0 Å². The van der Waals surface area contributed by atoms with Gasteiger partial charge in [-0.1, -0.05) is 30.3 Å². The summed E-state index contributed by atoms with van der Waals surface area (Å²) in [6.45, 7) is 1.06. The predicted octanol–water partition coefficient (Wildman–Crippen LogP) is 0.521. The first-order valence-electron chi connectivity index (χ1n) is 7.10. The van der Waals surface area contributed by atoms with E-state index in [1.165, 1.54) is 7.11 Å². The fraction of sp³-hybridized carbons (Fsp3) is 0.467. The molecule has 21 heavy (non-hydrogen) atoms. The zero-order valence-corrected chi connectivity index (χ0v) is 12.1. The van der Waals surface area contributed by atoms with Crippen molar-refractivity contribution < 1.29 is 14.3 Å². The number of amides is 1. The Morgan fingerprint density at radius 2 is 2.10 bits per heavy atom. The summed E-state index contributed by atoms with van der Waals surface area (Å²) in [5.74, 6) is -0.424. The number of carbonyl (C=O) groups excluding carboxylic acids is 2. The van der Waals surface area contributed by atoms with Gasteiger partial charge in [0.05, 0.1) is 19.1 Å². The molecule has 2 atom stereocenters. The van der Waals surface area contributed by atoms with Crippen molar-refractivity contribution in [1.29, 1.82) is 0 Å². The molecule has 0 aromatic heterocycles. The molecule has 1 amide bonds. The van der Waals surface area contributed by atoms with E-state index in [1.807, 2.05) is 30.3 Å². The maximum absolute atomic E-state index is 12.2. The predicted molar refractivity (Wildman–Crippen MR) is 78.1 cm³/mol. The van der Waals surface area contributed by atoms with Crippen molar-refractivity contribution in [3.8, 4) is 0 Å². The van der Waals surface area contributed by atoms with Gasteiger partial charge in [-0.15, -0.1) is 0 Å². The number of ether oxygens (including phenoxy) is 1. The van der Waals surface area contributed by atoms with Gasteiger partial charge in [0, 0.05) is 19.5 Å². The van der Waals surface area contributed by atoms with Gasteiger partial charge >= 0.3 is 5.97 Å². The Balaban J connectivity index is 1.82. The fourth-order valence-corrected chi connectivity index (χ4v) is 2.39. The number of nitrogens with one attached hydrogen (secondary N) is 3. The number of methoxy groups -OCH3 is 1. The summed E-state index contributed by atoms with van der Waals surface area (Å²) in [6, 6.07) is 9.84. The fourth-order valence-electron chi connectivity index (χ4n) is 2.39. The van der Waals surface area contributed by atoms with E-state index in [9.17, 15) is 9.59 Å². The van der Waals surface area contributed by atoms with Gasteiger partial charge in [-0.05, 0) is 12.0 Å². The van der Waals surface area contributed by atoms with Crippen LogP contribution < -0.4 is 16.2 Å². The Kier molecular flexibility index (Phi) is 5.71. The molecule has 0 radical (unpaired) electrons. The molecule has 114 valence electrons. The molecule has 1 heterocycles. The molecule has 1 saturated heterocycles. The maximum Gasteiger partial charge on any atom is 0.305 e. The number of carbonyl (C=O) groups is 2. The Morgan fingerprint density at radius 3 is 2.81 bits per heavy atom. The summed E-state index contributed by atoms with van der Waals surface area (Å²) in [4.78, 5) is 23.2. The standard InChI is InChI=1S/C15H21N3O3/c1-21-13(19)8-5-9-16-15(20)12-10-17-18-14(12)11-6-3-2-4-7-11/h2-4,6-7,12,14,17-18H,5,8-10H2,1H3,(H,16,20). The lowest BCUT2D eigenvalue weighted by molar-refractivity contribution is -0.140. The second kappa shape index (κ2) is 7.75. The largest absolute Gasteiger partial charge is 0.469 e. The highest BCUT2D eigenvalue weighted by molar-refractivity contribution is 5.80. The monoisotopic (exact) mass is 291 g/mol. The van der Waals surface area contributed by atoms with E-state index in [4.69, 9.17) is 0 Å². The average Bonchev–Trinajstić information content (AvgIpc) is 3.01. The molecule has 0 saturated carbocycles. The van der Waals surface area contributed by atoms with Gasteiger partial charge < -0.3 is 10.1 Å². The maximum atomic E-state index is 12.2. The number of hydrazine groups is 1. The SMILES string of the molecule is COC(=O)CCCNC(=O)C1CNNC1c1ccccc1. The molecule has 1 aliphatic rings. The van der Waals surface area contributed by atoms with E-state index in [-0.39, 0.29) is 23.8 Å². The number of hydrogen-bond acceptors (Lipinski definition) is 5. The number of rotatable bonds is 6. The zero-order chi connectivity index (χ0) is 15.1. The van der Waals surface area contributed by atoms with E-state index < -0.39 is 0 Å². The third-order valence-electron chi connectivity index (χ3n) is 3.56. The average molecular weight is 291 g/mol. The van der Waals surface area contributed by atoms with Crippen LogP contribution in [-0.4, -0.2) is 32.1 Å². The van der Waals surface area contributed by atoms with Gasteiger partial charge in [-0.2, -0.15) is 0 Å². The van der Waals surface area contributed by atoms with Gasteiger partial charge in [-0.25, -0.2) is 5.43 Å². The van der Waals surface area contributed by atoms with Crippen molar-refractivity contribution in [2.75, 3.05) is 20.2 Å². The minimum atomic E-state index is -0.254. The van der Waals surface area contributed by atoms with Crippen LogP contribution in [0.1, 0.15) is 24.4 Å². The number of benzene rings is 1. The summed E-state index contributed by atoms with van der Waals surface area (Å²) in [5, 5.41) is 2.88. The van der Waals surface area contributed by atoms with E-state index in [2.05, 4.69) is 20.9 Å². The number of hydrogen-bond donors (Lipinski definition) is 3. The highest BCUT2D eigenvalue weighted by Gasteiger charge is 2.33. The normalized spacial score (nSPS) is 21.0. The molecule has 2 rings (SSSR count). The molecule has 1 aliphatic heterocycles. The van der Waals surface area contributed by atoms with Gasteiger partial charge in [0.2, 0.25) is 5.91 Å². The van der Waals surface area contributed by atoms with Crippen LogP contribution in [0, 0.1) is 5.92 Å². The lowest BCUT2D eigenvalue weighted by atomic mass is 9.94. The summed E-state index contributed by atoms with van der Waals surface area (Å²) in [5.41, 5.74) is 7.25. The van der Waals surface area contributed by atoms with Crippen molar-refractivity contribution in [3.05, 3.63) is 35.9 Å². The highest BCUT2D eigenvalue weighted by atomic mass is 16.5. The van der Waals surface area contributed by atoms with E-state index in [0.29, 0.717) is 25.9 Å². The summed E-state index contributed by atoms with van der Waals surface area (Å²) >= 11 is 0. The quantitative estimate of drug-likeness (QED) is 0.526. The van der Waals surface area contributed by atoms with E-state index in [0.717, 1.165) is 5.56 Å². The summed E-state index contributed by atoms with van der Waals surface area (Å²) in [7, 11) is 1.36. The molecule has 1 fully saturated rings. The lowest BCUT2D eigenvalue weighted by Crippen LogP contribution is -2.35. The Bertz CT molecular complexity index is 478. The molecule has 6 nitrogen and oxygen atoms in total.